The Labute approximate surface area is 339 Å². The fourth-order valence-corrected chi connectivity index (χ4v) is 10.5. The van der Waals surface area contributed by atoms with Crippen LogP contribution in [0.5, 0.6) is 0 Å². The summed E-state index contributed by atoms with van der Waals surface area (Å²) in [7, 11) is -0.708. The van der Waals surface area contributed by atoms with E-state index in [1.807, 2.05) is 0 Å². The molecule has 0 atom stereocenters. The van der Waals surface area contributed by atoms with Gasteiger partial charge in [-0.1, -0.05) is 174 Å². The third-order valence-corrected chi connectivity index (χ3v) is 16.0. The Morgan fingerprint density at radius 2 is 0.679 bits per heavy atom. The molecule has 0 aliphatic heterocycles. The lowest BCUT2D eigenvalue weighted by atomic mass is 9.93. The van der Waals surface area contributed by atoms with Crippen molar-refractivity contribution in [2.45, 2.75) is 65.2 Å². The summed E-state index contributed by atoms with van der Waals surface area (Å²) in [6.45, 7) is 13.7. The van der Waals surface area contributed by atoms with Crippen LogP contribution in [0.25, 0.3) is 36.5 Å². The van der Waals surface area contributed by atoms with Crippen molar-refractivity contribution in [1.82, 2.24) is 0 Å². The number of anilines is 3. The molecule has 0 aliphatic rings. The molecule has 286 valence electrons. The van der Waals surface area contributed by atoms with E-state index in [1.165, 1.54) is 79.5 Å². The lowest BCUT2D eigenvalue weighted by Gasteiger charge is -2.37. The van der Waals surface area contributed by atoms with E-state index in [9.17, 15) is 0 Å². The van der Waals surface area contributed by atoms with Gasteiger partial charge in [0.15, 0.2) is 0 Å². The normalized spacial score (nSPS) is 12.3. The van der Waals surface area contributed by atoms with Gasteiger partial charge in [-0.2, -0.15) is 0 Å². The van der Waals surface area contributed by atoms with Gasteiger partial charge in [0.1, 0.15) is 0 Å². The van der Waals surface area contributed by atoms with E-state index in [0.29, 0.717) is 5.92 Å². The maximum absolute atomic E-state index is 2.36. The Morgan fingerprint density at radius 3 is 0.982 bits per heavy atom. The van der Waals surface area contributed by atoms with Crippen LogP contribution in [0.2, 0.25) is 0 Å². The number of benzene rings is 6. The van der Waals surface area contributed by atoms with E-state index in [1.54, 1.807) is 0 Å². The van der Waals surface area contributed by atoms with Crippen molar-refractivity contribution in [2.75, 3.05) is 22.2 Å². The van der Waals surface area contributed by atoms with Crippen LogP contribution in [0, 0.1) is 6.92 Å². The fourth-order valence-electron chi connectivity index (χ4n) is 7.52. The van der Waals surface area contributed by atoms with E-state index in [4.69, 9.17) is 0 Å². The zero-order valence-corrected chi connectivity index (χ0v) is 35.1. The highest BCUT2D eigenvalue weighted by Gasteiger charge is 2.20. The molecule has 6 aromatic carbocycles. The highest BCUT2D eigenvalue weighted by Crippen LogP contribution is 2.54. The van der Waals surface area contributed by atoms with Crippen LogP contribution in [0.3, 0.4) is 0 Å². The molecule has 0 bridgehead atoms. The molecule has 0 spiro atoms. The Kier molecular flexibility index (Phi) is 14.1. The molecule has 0 aromatic heterocycles. The minimum absolute atomic E-state index is 0.638. The van der Waals surface area contributed by atoms with Crippen molar-refractivity contribution in [3.05, 3.63) is 190 Å². The van der Waals surface area contributed by atoms with Gasteiger partial charge in [-0.05, 0) is 135 Å². The molecule has 6 aromatic rings. The summed E-state index contributed by atoms with van der Waals surface area (Å²) in [5.74, 6) is 4.40. The van der Waals surface area contributed by atoms with Crippen LogP contribution in [0.4, 0.5) is 17.1 Å². The van der Waals surface area contributed by atoms with E-state index >= 15 is 0 Å². The molecule has 0 radical (unpaired) electrons. The number of nitrogens with zero attached hydrogens (tertiary/aromatic N) is 1. The second kappa shape index (κ2) is 19.5. The van der Waals surface area contributed by atoms with E-state index in [2.05, 4.69) is 228 Å². The smallest absolute Gasteiger partial charge is 0.0462 e. The lowest BCUT2D eigenvalue weighted by molar-refractivity contribution is 0.642. The van der Waals surface area contributed by atoms with Crippen LogP contribution >= 0.6 is 10.0 Å². The molecule has 1 nitrogen and oxygen atoms in total. The average molecular weight is 754 g/mol. The standard InChI is InChI=1S/C54H59NS/c1-7-49(8-2)50-32-22-44(23-33-50)17-19-46-26-36-52(37-27-46)55(51-34-24-45(25-35-51)18-16-43-14-12-42(6)13-15-43)53-38-28-47(29-39-53)20-21-48-30-40-54(41-31-48)56(9-3,10-4)11-5/h12-41,49H,7-11H2,1-6H3/b18-16+,19-17+,21-20+. The summed E-state index contributed by atoms with van der Waals surface area (Å²) >= 11 is 0. The van der Waals surface area contributed by atoms with Crippen LogP contribution in [0.1, 0.15) is 97.9 Å². The quantitative estimate of drug-likeness (QED) is 0.0890. The highest BCUT2D eigenvalue weighted by molar-refractivity contribution is 8.33. The molecule has 0 saturated heterocycles. The first-order chi connectivity index (χ1) is 27.4. The van der Waals surface area contributed by atoms with Gasteiger partial charge in [0.2, 0.25) is 0 Å². The first kappa shape index (κ1) is 40.4. The number of rotatable bonds is 16. The summed E-state index contributed by atoms with van der Waals surface area (Å²) in [6.07, 6.45) is 15.6. The van der Waals surface area contributed by atoms with Crippen LogP contribution in [-0.4, -0.2) is 17.3 Å². The number of hydrogen-bond acceptors (Lipinski definition) is 1. The van der Waals surface area contributed by atoms with Crippen molar-refractivity contribution >= 4 is 63.5 Å². The van der Waals surface area contributed by atoms with Crippen molar-refractivity contribution in [2.24, 2.45) is 0 Å². The Morgan fingerprint density at radius 1 is 0.393 bits per heavy atom. The Balaban J connectivity index is 1.23. The maximum Gasteiger partial charge on any atom is 0.0462 e. The zero-order valence-electron chi connectivity index (χ0n) is 34.3. The van der Waals surface area contributed by atoms with Gasteiger partial charge in [0, 0.05) is 17.1 Å². The largest absolute Gasteiger partial charge is 0.311 e. The van der Waals surface area contributed by atoms with Gasteiger partial charge in [-0.25, -0.2) is 10.0 Å². The molecular formula is C54H59NS. The second-order valence-electron chi connectivity index (χ2n) is 14.7. The van der Waals surface area contributed by atoms with Gasteiger partial charge in [0.25, 0.3) is 0 Å². The van der Waals surface area contributed by atoms with Gasteiger partial charge in [0.05, 0.1) is 0 Å². The molecular weight excluding hydrogens is 695 g/mol. The average Bonchev–Trinajstić information content (AvgIpc) is 3.25. The molecule has 6 rings (SSSR count). The maximum atomic E-state index is 2.36. The molecule has 0 N–H and O–H groups in total. The Hall–Kier alpha value is -5.31. The van der Waals surface area contributed by atoms with Gasteiger partial charge in [-0.3, -0.25) is 0 Å². The second-order valence-corrected chi connectivity index (χ2v) is 19.0. The summed E-state index contributed by atoms with van der Waals surface area (Å²) in [5.41, 5.74) is 13.2. The van der Waals surface area contributed by atoms with Crippen molar-refractivity contribution in [1.29, 1.82) is 0 Å². The van der Waals surface area contributed by atoms with Crippen LogP contribution in [-0.2, 0) is 0 Å². The Bertz CT molecular complexity index is 2170. The molecule has 2 heteroatoms. The minimum Gasteiger partial charge on any atom is -0.311 e. The summed E-state index contributed by atoms with van der Waals surface area (Å²) in [4.78, 5) is 3.88. The monoisotopic (exact) mass is 753 g/mol. The van der Waals surface area contributed by atoms with E-state index in [-0.39, 0.29) is 0 Å². The first-order valence-corrected chi connectivity index (χ1v) is 22.7. The van der Waals surface area contributed by atoms with Crippen molar-refractivity contribution in [3.8, 4) is 0 Å². The molecule has 0 heterocycles. The SMILES string of the molecule is CCC(CC)c1ccc(/C=C/c2ccc(N(c3ccc(/C=C/c4ccc(C)cc4)cc3)c3ccc(/C=C/c4ccc(S(CC)(CC)CC)cc4)cc3)cc2)cc1. The molecule has 0 unspecified atom stereocenters. The summed E-state index contributed by atoms with van der Waals surface area (Å²) < 4.78 is 0. The molecule has 0 aliphatic carbocycles. The molecule has 0 amide bonds. The number of aryl methyl sites for hydroxylation is 1. The summed E-state index contributed by atoms with van der Waals surface area (Å²) in [6, 6.07) is 53.6. The molecule has 0 saturated carbocycles. The third-order valence-electron chi connectivity index (χ3n) is 11.4. The van der Waals surface area contributed by atoms with Gasteiger partial charge >= 0.3 is 0 Å². The minimum atomic E-state index is -0.708. The highest BCUT2D eigenvalue weighted by atomic mass is 32.3. The van der Waals surface area contributed by atoms with Crippen molar-refractivity contribution < 1.29 is 0 Å². The van der Waals surface area contributed by atoms with E-state index < -0.39 is 10.0 Å². The zero-order chi connectivity index (χ0) is 39.3. The van der Waals surface area contributed by atoms with Crippen LogP contribution in [0.15, 0.2) is 150 Å². The van der Waals surface area contributed by atoms with Gasteiger partial charge in [-0.15, -0.1) is 0 Å². The van der Waals surface area contributed by atoms with E-state index in [0.717, 1.165) is 17.1 Å². The topological polar surface area (TPSA) is 3.24 Å². The number of hydrogen-bond donors (Lipinski definition) is 0. The van der Waals surface area contributed by atoms with Crippen LogP contribution < -0.4 is 4.90 Å². The van der Waals surface area contributed by atoms with Crippen molar-refractivity contribution in [3.63, 3.8) is 0 Å². The van der Waals surface area contributed by atoms with Gasteiger partial charge < -0.3 is 4.90 Å². The summed E-state index contributed by atoms with van der Waals surface area (Å²) in [5, 5.41) is 0. The fraction of sp³-hybridized carbons (Fsp3) is 0.222. The first-order valence-electron chi connectivity index (χ1n) is 20.5. The third kappa shape index (κ3) is 10.1. The lowest BCUT2D eigenvalue weighted by Crippen LogP contribution is -2.09. The predicted octanol–water partition coefficient (Wildman–Crippen LogP) is 16.1. The molecule has 0 fully saturated rings. The molecule has 56 heavy (non-hydrogen) atoms. The predicted molar refractivity (Wildman–Crippen MR) is 253 cm³/mol.